The van der Waals surface area contributed by atoms with Crippen LogP contribution in [0.3, 0.4) is 0 Å². The lowest BCUT2D eigenvalue weighted by Gasteiger charge is -2.43. The molecule has 0 spiro atoms. The molecule has 3 rings (SSSR count). The fourth-order valence-corrected chi connectivity index (χ4v) is 2.27. The Morgan fingerprint density at radius 3 is 2.72 bits per heavy atom. The number of amides is 1. The number of aliphatic hydroxyl groups is 1. The van der Waals surface area contributed by atoms with Crippen LogP contribution in [0.5, 0.6) is 0 Å². The van der Waals surface area contributed by atoms with Crippen LogP contribution in [-0.4, -0.2) is 39.6 Å². The Morgan fingerprint density at radius 1 is 1.28 bits per heavy atom. The molecule has 0 aliphatic carbocycles. The summed E-state index contributed by atoms with van der Waals surface area (Å²) < 4.78 is 0. The minimum Gasteiger partial charge on any atom is -0.386 e. The Morgan fingerprint density at radius 2 is 2.00 bits per heavy atom. The van der Waals surface area contributed by atoms with Gasteiger partial charge in [0.2, 0.25) is 0 Å². The topological polar surface area (TPSA) is 53.4 Å². The van der Waals surface area contributed by atoms with Crippen LogP contribution in [0, 0.1) is 0 Å². The number of hydrogen-bond acceptors (Lipinski definition) is 3. The molecule has 1 aromatic carbocycles. The molecule has 1 aliphatic heterocycles. The largest absolute Gasteiger partial charge is 0.386 e. The van der Waals surface area contributed by atoms with Crippen molar-refractivity contribution in [1.82, 2.24) is 9.88 Å². The number of rotatable bonds is 1. The minimum atomic E-state index is -0.744. The van der Waals surface area contributed by atoms with Crippen molar-refractivity contribution in [2.75, 3.05) is 13.1 Å². The predicted molar refractivity (Wildman–Crippen MR) is 68.3 cm³/mol. The number of β-amino-alcohol motifs (C(OH)–C–C–N with tert-alkyl or cyclic N) is 1. The smallest absolute Gasteiger partial charge is 0.272 e. The van der Waals surface area contributed by atoms with Crippen LogP contribution in [0.1, 0.15) is 17.4 Å². The third-order valence-corrected chi connectivity index (χ3v) is 3.17. The highest BCUT2D eigenvalue weighted by Gasteiger charge is 2.40. The van der Waals surface area contributed by atoms with Gasteiger partial charge in [0.05, 0.1) is 24.2 Å². The second kappa shape index (κ2) is 3.78. The SMILES string of the molecule is CC1(O)CN(C(=O)c2ccc3ccccc3n2)C1. The molecular formula is C14H14N2O2. The summed E-state index contributed by atoms with van der Waals surface area (Å²) >= 11 is 0. The van der Waals surface area contributed by atoms with Crippen molar-refractivity contribution >= 4 is 16.8 Å². The van der Waals surface area contributed by atoms with Gasteiger partial charge in [0.1, 0.15) is 5.69 Å². The molecule has 18 heavy (non-hydrogen) atoms. The van der Waals surface area contributed by atoms with E-state index in [1.54, 1.807) is 17.9 Å². The molecule has 4 nitrogen and oxygen atoms in total. The summed E-state index contributed by atoms with van der Waals surface area (Å²) in [5.74, 6) is -0.118. The number of likely N-dealkylation sites (tertiary alicyclic amines) is 1. The molecule has 0 radical (unpaired) electrons. The highest BCUT2D eigenvalue weighted by molar-refractivity contribution is 5.95. The van der Waals surface area contributed by atoms with Crippen LogP contribution in [0.2, 0.25) is 0 Å². The Kier molecular flexibility index (Phi) is 2.35. The van der Waals surface area contributed by atoms with Gasteiger partial charge < -0.3 is 10.0 Å². The summed E-state index contributed by atoms with van der Waals surface area (Å²) in [6, 6.07) is 11.3. The van der Waals surface area contributed by atoms with Crippen LogP contribution in [0.25, 0.3) is 10.9 Å². The second-order valence-corrected chi connectivity index (χ2v) is 5.05. The number of carbonyl (C=O) groups is 1. The van der Waals surface area contributed by atoms with Gasteiger partial charge in [-0.25, -0.2) is 4.98 Å². The number of aromatic nitrogens is 1. The first-order chi connectivity index (χ1) is 8.55. The molecule has 0 atom stereocenters. The number of carbonyl (C=O) groups excluding carboxylic acids is 1. The molecule has 0 saturated carbocycles. The molecule has 2 aromatic rings. The highest BCUT2D eigenvalue weighted by atomic mass is 16.3. The molecule has 2 heterocycles. The summed E-state index contributed by atoms with van der Waals surface area (Å²) in [5.41, 5.74) is 0.506. The summed E-state index contributed by atoms with van der Waals surface area (Å²) in [6.45, 7) is 2.48. The van der Waals surface area contributed by atoms with Crippen LogP contribution >= 0.6 is 0 Å². The number of hydrogen-bond donors (Lipinski definition) is 1. The molecule has 92 valence electrons. The molecule has 1 fully saturated rings. The van der Waals surface area contributed by atoms with E-state index in [0.717, 1.165) is 10.9 Å². The molecule has 1 N–H and O–H groups in total. The van der Waals surface area contributed by atoms with E-state index in [1.165, 1.54) is 0 Å². The zero-order valence-corrected chi connectivity index (χ0v) is 10.1. The van der Waals surface area contributed by atoms with E-state index in [-0.39, 0.29) is 5.91 Å². The third kappa shape index (κ3) is 1.84. The van der Waals surface area contributed by atoms with Crippen molar-refractivity contribution in [2.45, 2.75) is 12.5 Å². The van der Waals surface area contributed by atoms with Crippen molar-refractivity contribution in [3.05, 3.63) is 42.1 Å². The number of para-hydroxylation sites is 1. The van der Waals surface area contributed by atoms with Gasteiger partial charge in [0.25, 0.3) is 5.91 Å². The van der Waals surface area contributed by atoms with Gasteiger partial charge >= 0.3 is 0 Å². The number of nitrogens with zero attached hydrogens (tertiary/aromatic N) is 2. The van der Waals surface area contributed by atoms with E-state index in [1.807, 2.05) is 30.3 Å². The van der Waals surface area contributed by atoms with E-state index in [0.29, 0.717) is 18.8 Å². The Hall–Kier alpha value is -1.94. The number of pyridine rings is 1. The molecule has 4 heteroatoms. The van der Waals surface area contributed by atoms with Gasteiger partial charge in [-0.1, -0.05) is 24.3 Å². The molecule has 1 aromatic heterocycles. The summed E-state index contributed by atoms with van der Waals surface area (Å²) in [4.78, 5) is 18.1. The maximum absolute atomic E-state index is 12.1. The molecule has 0 unspecified atom stereocenters. The van der Waals surface area contributed by atoms with Gasteiger partial charge in [0.15, 0.2) is 0 Å². The van der Waals surface area contributed by atoms with Crippen LogP contribution in [-0.2, 0) is 0 Å². The van der Waals surface area contributed by atoms with Crippen LogP contribution in [0.4, 0.5) is 0 Å². The molecule has 1 saturated heterocycles. The van der Waals surface area contributed by atoms with Crippen molar-refractivity contribution < 1.29 is 9.90 Å². The quantitative estimate of drug-likeness (QED) is 0.823. The lowest BCUT2D eigenvalue weighted by atomic mass is 9.96. The predicted octanol–water partition coefficient (Wildman–Crippen LogP) is 1.44. The Bertz CT molecular complexity index is 614. The maximum Gasteiger partial charge on any atom is 0.272 e. The van der Waals surface area contributed by atoms with E-state index in [4.69, 9.17) is 0 Å². The first-order valence-corrected chi connectivity index (χ1v) is 5.93. The second-order valence-electron chi connectivity index (χ2n) is 5.05. The normalized spacial score (nSPS) is 17.6. The molecule has 1 aliphatic rings. The monoisotopic (exact) mass is 242 g/mol. The molecular weight excluding hydrogens is 228 g/mol. The first-order valence-electron chi connectivity index (χ1n) is 5.93. The lowest BCUT2D eigenvalue weighted by Crippen LogP contribution is -2.61. The average Bonchev–Trinajstić information content (AvgIpc) is 2.34. The van der Waals surface area contributed by atoms with Crippen molar-refractivity contribution in [3.63, 3.8) is 0 Å². The number of fused-ring (bicyclic) bond motifs is 1. The minimum absolute atomic E-state index is 0.118. The van der Waals surface area contributed by atoms with Crippen molar-refractivity contribution in [2.24, 2.45) is 0 Å². The first kappa shape index (κ1) is 11.2. The van der Waals surface area contributed by atoms with Crippen LogP contribution < -0.4 is 0 Å². The van der Waals surface area contributed by atoms with E-state index in [2.05, 4.69) is 4.98 Å². The number of benzene rings is 1. The maximum atomic E-state index is 12.1. The van der Waals surface area contributed by atoms with Gasteiger partial charge in [0, 0.05) is 5.39 Å². The van der Waals surface area contributed by atoms with E-state index >= 15 is 0 Å². The van der Waals surface area contributed by atoms with Gasteiger partial charge in [-0.2, -0.15) is 0 Å². The van der Waals surface area contributed by atoms with Crippen LogP contribution in [0.15, 0.2) is 36.4 Å². The van der Waals surface area contributed by atoms with Crippen molar-refractivity contribution in [3.8, 4) is 0 Å². The zero-order chi connectivity index (χ0) is 12.8. The average molecular weight is 242 g/mol. The summed E-state index contributed by atoms with van der Waals surface area (Å²) in [6.07, 6.45) is 0. The summed E-state index contributed by atoms with van der Waals surface area (Å²) in [5, 5.41) is 10.7. The van der Waals surface area contributed by atoms with E-state index < -0.39 is 5.60 Å². The molecule has 1 amide bonds. The zero-order valence-electron chi connectivity index (χ0n) is 10.1. The highest BCUT2D eigenvalue weighted by Crippen LogP contribution is 2.22. The van der Waals surface area contributed by atoms with Gasteiger partial charge in [-0.05, 0) is 19.1 Å². The molecule has 0 bridgehead atoms. The van der Waals surface area contributed by atoms with Gasteiger partial charge in [-0.3, -0.25) is 4.79 Å². The summed E-state index contributed by atoms with van der Waals surface area (Å²) in [7, 11) is 0. The lowest BCUT2D eigenvalue weighted by molar-refractivity contribution is -0.0670. The standard InChI is InChI=1S/C14H14N2O2/c1-14(18)8-16(9-14)13(17)12-7-6-10-4-2-3-5-11(10)15-12/h2-7,18H,8-9H2,1H3. The Balaban J connectivity index is 1.88. The third-order valence-electron chi connectivity index (χ3n) is 3.17. The fraction of sp³-hybridized carbons (Fsp3) is 0.286. The van der Waals surface area contributed by atoms with Gasteiger partial charge in [-0.15, -0.1) is 0 Å². The van der Waals surface area contributed by atoms with Crippen molar-refractivity contribution in [1.29, 1.82) is 0 Å². The Labute approximate surface area is 105 Å². The fourth-order valence-electron chi connectivity index (χ4n) is 2.27. The van der Waals surface area contributed by atoms with E-state index in [9.17, 15) is 9.90 Å².